The summed E-state index contributed by atoms with van der Waals surface area (Å²) >= 11 is 1.40. The highest BCUT2D eigenvalue weighted by Gasteiger charge is 2.38. The number of carbonyl (C=O) groups excluding carboxylic acids is 2. The Morgan fingerprint density at radius 2 is 2.05 bits per heavy atom. The van der Waals surface area contributed by atoms with Crippen molar-refractivity contribution in [2.75, 3.05) is 5.75 Å². The molecular weight excluding hydrogens is 280 g/mol. The molecule has 7 heteroatoms. The number of aromatic nitrogens is 1. The predicted octanol–water partition coefficient (Wildman–Crippen LogP) is 1.17. The molecular formula is C13H14N2O4S. The van der Waals surface area contributed by atoms with Gasteiger partial charge in [0.05, 0.1) is 5.03 Å². The van der Waals surface area contributed by atoms with E-state index in [9.17, 15) is 19.5 Å². The van der Waals surface area contributed by atoms with Crippen LogP contribution in [-0.2, 0) is 14.4 Å². The summed E-state index contributed by atoms with van der Waals surface area (Å²) in [4.78, 5) is 39.4. The smallest absolute Gasteiger partial charge is 0.326 e. The number of carboxylic acid groups (broad SMARTS) is 1. The molecule has 1 fully saturated rings. The van der Waals surface area contributed by atoms with Gasteiger partial charge in [0.1, 0.15) is 6.04 Å². The minimum atomic E-state index is -1.14. The van der Waals surface area contributed by atoms with Gasteiger partial charge in [-0.3, -0.25) is 14.5 Å². The molecule has 0 aromatic carbocycles. The van der Waals surface area contributed by atoms with E-state index in [1.807, 2.05) is 12.1 Å². The first kappa shape index (κ1) is 14.5. The monoisotopic (exact) mass is 294 g/mol. The Balaban J connectivity index is 1.95. The van der Waals surface area contributed by atoms with E-state index in [1.165, 1.54) is 11.8 Å². The van der Waals surface area contributed by atoms with Gasteiger partial charge in [-0.15, -0.1) is 11.8 Å². The first-order valence-electron chi connectivity index (χ1n) is 6.21. The third-order valence-electron chi connectivity index (χ3n) is 2.97. The number of nitrogens with zero attached hydrogens (tertiary/aromatic N) is 2. The molecule has 0 saturated carbocycles. The number of pyridine rings is 1. The van der Waals surface area contributed by atoms with Gasteiger partial charge in [-0.2, -0.15) is 0 Å². The van der Waals surface area contributed by atoms with Crippen LogP contribution in [0.25, 0.3) is 0 Å². The van der Waals surface area contributed by atoms with Crippen molar-refractivity contribution in [1.82, 2.24) is 9.88 Å². The van der Waals surface area contributed by atoms with Gasteiger partial charge in [0.15, 0.2) is 0 Å². The van der Waals surface area contributed by atoms with Gasteiger partial charge in [0.2, 0.25) is 11.8 Å². The molecule has 106 valence electrons. The molecule has 6 nitrogen and oxygen atoms in total. The molecule has 2 amide bonds. The van der Waals surface area contributed by atoms with Gasteiger partial charge in [-0.25, -0.2) is 9.78 Å². The first-order chi connectivity index (χ1) is 9.59. The van der Waals surface area contributed by atoms with Crippen molar-refractivity contribution in [3.05, 3.63) is 24.4 Å². The lowest BCUT2D eigenvalue weighted by atomic mass is 10.2. The molecule has 1 aliphatic heterocycles. The number of carbonyl (C=O) groups is 3. The van der Waals surface area contributed by atoms with Crippen LogP contribution in [0.4, 0.5) is 0 Å². The fourth-order valence-electron chi connectivity index (χ4n) is 2.01. The number of hydrogen-bond acceptors (Lipinski definition) is 5. The van der Waals surface area contributed by atoms with Gasteiger partial charge in [0, 0.05) is 24.8 Å². The van der Waals surface area contributed by atoms with Gasteiger partial charge in [-0.1, -0.05) is 6.07 Å². The van der Waals surface area contributed by atoms with E-state index in [0.717, 1.165) is 9.93 Å². The van der Waals surface area contributed by atoms with E-state index in [2.05, 4.69) is 4.98 Å². The second-order valence-corrected chi connectivity index (χ2v) is 5.43. The molecule has 0 bridgehead atoms. The average Bonchev–Trinajstić information content (AvgIpc) is 2.76. The Labute approximate surface area is 120 Å². The Kier molecular flexibility index (Phi) is 4.73. The summed E-state index contributed by atoms with van der Waals surface area (Å²) in [5, 5.41) is 9.98. The first-order valence-corrected chi connectivity index (χ1v) is 7.19. The normalized spacial score (nSPS) is 16.5. The Hall–Kier alpha value is -1.89. The summed E-state index contributed by atoms with van der Waals surface area (Å²) in [7, 11) is 0. The van der Waals surface area contributed by atoms with E-state index in [0.29, 0.717) is 5.75 Å². The van der Waals surface area contributed by atoms with Crippen molar-refractivity contribution in [1.29, 1.82) is 0 Å². The third kappa shape index (κ3) is 3.36. The number of thioether (sulfide) groups is 1. The molecule has 0 aliphatic carbocycles. The van der Waals surface area contributed by atoms with Crippen LogP contribution in [0.3, 0.4) is 0 Å². The third-order valence-corrected chi connectivity index (χ3v) is 3.94. The summed E-state index contributed by atoms with van der Waals surface area (Å²) < 4.78 is 0. The van der Waals surface area contributed by atoms with Crippen molar-refractivity contribution in [2.24, 2.45) is 0 Å². The second-order valence-electron chi connectivity index (χ2n) is 4.32. The van der Waals surface area contributed by atoms with Gasteiger partial charge in [0.25, 0.3) is 0 Å². The van der Waals surface area contributed by atoms with E-state index in [4.69, 9.17) is 0 Å². The van der Waals surface area contributed by atoms with Crippen LogP contribution in [-0.4, -0.2) is 44.6 Å². The maximum absolute atomic E-state index is 11.6. The zero-order valence-electron chi connectivity index (χ0n) is 10.7. The highest BCUT2D eigenvalue weighted by atomic mass is 32.2. The fraction of sp³-hybridized carbons (Fsp3) is 0.385. The molecule has 2 heterocycles. The number of amides is 2. The number of carboxylic acids is 1. The van der Waals surface area contributed by atoms with Crippen LogP contribution in [0.5, 0.6) is 0 Å². The quantitative estimate of drug-likeness (QED) is 0.626. The molecule has 1 saturated heterocycles. The minimum absolute atomic E-state index is 0.107. The van der Waals surface area contributed by atoms with Crippen LogP contribution in [0.15, 0.2) is 29.4 Å². The molecule has 1 aliphatic rings. The second kappa shape index (κ2) is 6.51. The zero-order valence-corrected chi connectivity index (χ0v) is 11.5. The van der Waals surface area contributed by atoms with Crippen LogP contribution >= 0.6 is 11.8 Å². The minimum Gasteiger partial charge on any atom is -0.480 e. The molecule has 1 N–H and O–H groups in total. The van der Waals surface area contributed by atoms with E-state index in [-0.39, 0.29) is 19.3 Å². The number of imide groups is 1. The average molecular weight is 294 g/mol. The molecule has 2 rings (SSSR count). The number of aliphatic carboxylic acids is 1. The van der Waals surface area contributed by atoms with E-state index in [1.54, 1.807) is 12.3 Å². The van der Waals surface area contributed by atoms with E-state index >= 15 is 0 Å². The topological polar surface area (TPSA) is 87.6 Å². The van der Waals surface area contributed by atoms with Crippen molar-refractivity contribution in [2.45, 2.75) is 30.3 Å². The van der Waals surface area contributed by atoms with Gasteiger partial charge < -0.3 is 5.11 Å². The van der Waals surface area contributed by atoms with Gasteiger partial charge in [-0.05, 0) is 18.6 Å². The summed E-state index contributed by atoms with van der Waals surface area (Å²) in [6, 6.07) is 4.39. The molecule has 1 unspecified atom stereocenters. The molecule has 0 radical (unpaired) electrons. The van der Waals surface area contributed by atoms with Crippen molar-refractivity contribution < 1.29 is 19.5 Å². The summed E-state index contributed by atoms with van der Waals surface area (Å²) in [6.45, 7) is 0. The Bertz CT molecular complexity index is 504. The summed E-state index contributed by atoms with van der Waals surface area (Å²) in [5.74, 6) is -1.46. The van der Waals surface area contributed by atoms with Crippen LogP contribution in [0, 0.1) is 0 Å². The number of likely N-dealkylation sites (tertiary alicyclic amines) is 1. The number of hydrogen-bond donors (Lipinski definition) is 1. The van der Waals surface area contributed by atoms with Crippen molar-refractivity contribution >= 4 is 29.5 Å². The lowest BCUT2D eigenvalue weighted by Crippen LogP contribution is -2.44. The number of rotatable bonds is 6. The standard InChI is InChI=1S/C13H14N2O4S/c16-11-4-5-12(17)15(11)9(13(18)19)6-8-20-10-3-1-2-7-14-10/h1-3,7,9H,4-6,8H2,(H,18,19). The van der Waals surface area contributed by atoms with Crippen molar-refractivity contribution in [3.8, 4) is 0 Å². The molecule has 1 atom stereocenters. The maximum atomic E-state index is 11.6. The lowest BCUT2D eigenvalue weighted by Gasteiger charge is -2.22. The van der Waals surface area contributed by atoms with Crippen LogP contribution < -0.4 is 0 Å². The Morgan fingerprint density at radius 3 is 2.60 bits per heavy atom. The molecule has 20 heavy (non-hydrogen) atoms. The molecule has 0 spiro atoms. The van der Waals surface area contributed by atoms with Crippen LogP contribution in [0.2, 0.25) is 0 Å². The Morgan fingerprint density at radius 1 is 1.35 bits per heavy atom. The summed E-state index contributed by atoms with van der Waals surface area (Å²) in [5.41, 5.74) is 0. The predicted molar refractivity (Wildman–Crippen MR) is 72.1 cm³/mol. The molecule has 1 aromatic heterocycles. The zero-order chi connectivity index (χ0) is 14.5. The van der Waals surface area contributed by atoms with Crippen molar-refractivity contribution in [3.63, 3.8) is 0 Å². The SMILES string of the molecule is O=C(O)C(CCSc1ccccn1)N1C(=O)CCC1=O. The maximum Gasteiger partial charge on any atom is 0.326 e. The largest absolute Gasteiger partial charge is 0.480 e. The van der Waals surface area contributed by atoms with Crippen LogP contribution in [0.1, 0.15) is 19.3 Å². The van der Waals surface area contributed by atoms with Gasteiger partial charge >= 0.3 is 5.97 Å². The molecule has 1 aromatic rings. The highest BCUT2D eigenvalue weighted by molar-refractivity contribution is 7.99. The fourth-order valence-corrected chi connectivity index (χ4v) is 2.87. The summed E-state index contributed by atoms with van der Waals surface area (Å²) in [6.07, 6.45) is 2.09. The highest BCUT2D eigenvalue weighted by Crippen LogP contribution is 2.21. The lowest BCUT2D eigenvalue weighted by molar-refractivity contribution is -0.154. The van der Waals surface area contributed by atoms with E-state index < -0.39 is 23.8 Å².